The zero-order chi connectivity index (χ0) is 19.8. The largest absolute Gasteiger partial charge is 0.292 e. The van der Waals surface area contributed by atoms with Gasteiger partial charge in [-0.1, -0.05) is 72.8 Å². The van der Waals surface area contributed by atoms with Crippen LogP contribution < -0.4 is 0 Å². The lowest BCUT2D eigenvalue weighted by Gasteiger charge is -2.16. The van der Waals surface area contributed by atoms with Gasteiger partial charge in [-0.3, -0.25) is 4.57 Å². The van der Waals surface area contributed by atoms with Crippen molar-refractivity contribution in [3.05, 3.63) is 108 Å². The third kappa shape index (κ3) is 3.03. The quantitative estimate of drug-likeness (QED) is 0.333. The summed E-state index contributed by atoms with van der Waals surface area (Å²) in [5.41, 5.74) is 9.46. The van der Waals surface area contributed by atoms with Gasteiger partial charge in [-0.25, -0.2) is 4.98 Å². The van der Waals surface area contributed by atoms with Crippen molar-refractivity contribution in [3.63, 3.8) is 0 Å². The van der Waals surface area contributed by atoms with E-state index in [9.17, 15) is 0 Å². The van der Waals surface area contributed by atoms with Gasteiger partial charge in [0.15, 0.2) is 0 Å². The Morgan fingerprint density at radius 2 is 1.28 bits per heavy atom. The Balaban J connectivity index is 1.82. The van der Waals surface area contributed by atoms with Crippen LogP contribution in [0.15, 0.2) is 97.1 Å². The smallest absolute Gasteiger partial charge is 0.145 e. The standard InChI is InChI=1S/C27H22N2/c1-19-17-23(18-24(20(19)2)21-11-5-3-6-12-21)29-26-16-10-9-15-25(26)28-27(29)22-13-7-4-8-14-22/h3-18H,1-2H3. The SMILES string of the molecule is Cc1cc(-n2c(-c3ccccc3)nc3ccccc32)cc(-c2ccccc2)c1C. The first-order chi connectivity index (χ1) is 14.2. The van der Waals surface area contributed by atoms with Crippen LogP contribution in [0.3, 0.4) is 0 Å². The van der Waals surface area contributed by atoms with Gasteiger partial charge in [-0.15, -0.1) is 0 Å². The van der Waals surface area contributed by atoms with Gasteiger partial charge in [-0.05, 0) is 60.4 Å². The van der Waals surface area contributed by atoms with Crippen molar-refractivity contribution >= 4 is 11.0 Å². The van der Waals surface area contributed by atoms with Crippen molar-refractivity contribution in [2.45, 2.75) is 13.8 Å². The molecule has 0 amide bonds. The highest BCUT2D eigenvalue weighted by Gasteiger charge is 2.16. The first-order valence-electron chi connectivity index (χ1n) is 9.92. The van der Waals surface area contributed by atoms with E-state index in [0.717, 1.165) is 28.1 Å². The van der Waals surface area contributed by atoms with Crippen molar-refractivity contribution < 1.29 is 0 Å². The Bertz CT molecular complexity index is 1300. The van der Waals surface area contributed by atoms with Gasteiger partial charge in [0, 0.05) is 11.3 Å². The van der Waals surface area contributed by atoms with E-state index >= 15 is 0 Å². The predicted octanol–water partition coefficient (Wildman–Crippen LogP) is 6.98. The van der Waals surface area contributed by atoms with Gasteiger partial charge in [0.25, 0.3) is 0 Å². The molecule has 2 nitrogen and oxygen atoms in total. The van der Waals surface area contributed by atoms with Gasteiger partial charge in [0.1, 0.15) is 5.82 Å². The summed E-state index contributed by atoms with van der Waals surface area (Å²) in [5.74, 6) is 0.967. The molecule has 0 fully saturated rings. The Morgan fingerprint density at radius 3 is 2.00 bits per heavy atom. The Hall–Kier alpha value is -3.65. The van der Waals surface area contributed by atoms with E-state index < -0.39 is 0 Å². The van der Waals surface area contributed by atoms with E-state index in [0.29, 0.717) is 0 Å². The average molecular weight is 374 g/mol. The molecular weight excluding hydrogens is 352 g/mol. The van der Waals surface area contributed by atoms with Crippen molar-refractivity contribution in [2.75, 3.05) is 0 Å². The number of fused-ring (bicyclic) bond motifs is 1. The summed E-state index contributed by atoms with van der Waals surface area (Å²) in [5, 5.41) is 0. The number of hydrogen-bond donors (Lipinski definition) is 0. The molecule has 0 radical (unpaired) electrons. The monoisotopic (exact) mass is 374 g/mol. The molecule has 29 heavy (non-hydrogen) atoms. The van der Waals surface area contributed by atoms with E-state index in [1.807, 2.05) is 12.1 Å². The minimum Gasteiger partial charge on any atom is -0.292 e. The van der Waals surface area contributed by atoms with Gasteiger partial charge in [-0.2, -0.15) is 0 Å². The molecule has 0 saturated heterocycles. The third-order valence-electron chi connectivity index (χ3n) is 5.59. The minimum absolute atomic E-state index is 0.967. The van der Waals surface area contributed by atoms with Crippen LogP contribution >= 0.6 is 0 Å². The number of aromatic nitrogens is 2. The maximum Gasteiger partial charge on any atom is 0.145 e. The summed E-state index contributed by atoms with van der Waals surface area (Å²) in [7, 11) is 0. The molecule has 0 saturated carbocycles. The Labute approximate surface area is 171 Å². The molecular formula is C27H22N2. The van der Waals surface area contributed by atoms with Crippen molar-refractivity contribution in [1.82, 2.24) is 9.55 Å². The number of para-hydroxylation sites is 2. The van der Waals surface area contributed by atoms with Crippen LogP contribution in [0.25, 0.3) is 39.2 Å². The highest BCUT2D eigenvalue weighted by atomic mass is 15.1. The molecule has 0 aliphatic rings. The predicted molar refractivity (Wildman–Crippen MR) is 121 cm³/mol. The van der Waals surface area contributed by atoms with Gasteiger partial charge >= 0.3 is 0 Å². The van der Waals surface area contributed by atoms with Gasteiger partial charge in [0.2, 0.25) is 0 Å². The number of rotatable bonds is 3. The maximum atomic E-state index is 4.98. The highest BCUT2D eigenvalue weighted by molar-refractivity contribution is 5.84. The summed E-state index contributed by atoms with van der Waals surface area (Å²) < 4.78 is 2.28. The zero-order valence-corrected chi connectivity index (χ0v) is 16.6. The number of benzene rings is 4. The molecule has 4 aromatic carbocycles. The molecule has 5 aromatic rings. The molecule has 0 aliphatic heterocycles. The van der Waals surface area contributed by atoms with E-state index in [4.69, 9.17) is 4.98 Å². The number of imidazole rings is 1. The molecule has 0 spiro atoms. The van der Waals surface area contributed by atoms with Crippen LogP contribution in [0.2, 0.25) is 0 Å². The average Bonchev–Trinajstić information content (AvgIpc) is 3.16. The molecule has 0 unspecified atom stereocenters. The number of nitrogens with zero attached hydrogens (tertiary/aromatic N) is 2. The lowest BCUT2D eigenvalue weighted by atomic mass is 9.96. The van der Waals surface area contributed by atoms with Crippen molar-refractivity contribution in [3.8, 4) is 28.2 Å². The van der Waals surface area contributed by atoms with Crippen LogP contribution in [0.4, 0.5) is 0 Å². The first-order valence-corrected chi connectivity index (χ1v) is 9.92. The lowest BCUT2D eigenvalue weighted by Crippen LogP contribution is -2.00. The second-order valence-corrected chi connectivity index (χ2v) is 7.43. The van der Waals surface area contributed by atoms with Crippen LogP contribution in [0.5, 0.6) is 0 Å². The zero-order valence-electron chi connectivity index (χ0n) is 16.6. The summed E-state index contributed by atoms with van der Waals surface area (Å²) in [6.07, 6.45) is 0. The lowest BCUT2D eigenvalue weighted by molar-refractivity contribution is 1.09. The fourth-order valence-electron chi connectivity index (χ4n) is 3.96. The fourth-order valence-corrected chi connectivity index (χ4v) is 3.96. The minimum atomic E-state index is 0.967. The number of aryl methyl sites for hydroxylation is 1. The maximum absolute atomic E-state index is 4.98. The fraction of sp³-hybridized carbons (Fsp3) is 0.0741. The van der Waals surface area contributed by atoms with Crippen molar-refractivity contribution in [2.24, 2.45) is 0 Å². The second kappa shape index (κ2) is 7.06. The van der Waals surface area contributed by atoms with E-state index in [2.05, 4.69) is 103 Å². The molecule has 0 aliphatic carbocycles. The first kappa shape index (κ1) is 17.4. The molecule has 140 valence electrons. The molecule has 1 aromatic heterocycles. The third-order valence-corrected chi connectivity index (χ3v) is 5.59. The molecule has 2 heteroatoms. The Morgan fingerprint density at radius 1 is 0.655 bits per heavy atom. The number of hydrogen-bond acceptors (Lipinski definition) is 1. The van der Waals surface area contributed by atoms with Crippen molar-refractivity contribution in [1.29, 1.82) is 0 Å². The summed E-state index contributed by atoms with van der Waals surface area (Å²) in [6, 6.07) is 33.9. The summed E-state index contributed by atoms with van der Waals surface area (Å²) >= 11 is 0. The van der Waals surface area contributed by atoms with E-state index in [1.54, 1.807) is 0 Å². The van der Waals surface area contributed by atoms with Gasteiger partial charge in [0.05, 0.1) is 11.0 Å². The van der Waals surface area contributed by atoms with Crippen LogP contribution in [-0.2, 0) is 0 Å². The molecule has 5 rings (SSSR count). The molecule has 1 heterocycles. The topological polar surface area (TPSA) is 17.8 Å². The van der Waals surface area contributed by atoms with Crippen LogP contribution in [-0.4, -0.2) is 9.55 Å². The molecule has 0 atom stereocenters. The molecule has 0 N–H and O–H groups in total. The second-order valence-electron chi connectivity index (χ2n) is 7.43. The van der Waals surface area contributed by atoms with Gasteiger partial charge < -0.3 is 0 Å². The summed E-state index contributed by atoms with van der Waals surface area (Å²) in [4.78, 5) is 4.98. The van der Waals surface area contributed by atoms with Crippen LogP contribution in [0, 0.1) is 13.8 Å². The van der Waals surface area contributed by atoms with Crippen LogP contribution in [0.1, 0.15) is 11.1 Å². The highest BCUT2D eigenvalue weighted by Crippen LogP contribution is 2.33. The summed E-state index contributed by atoms with van der Waals surface area (Å²) in [6.45, 7) is 4.39. The normalized spacial score (nSPS) is 11.1. The van der Waals surface area contributed by atoms with E-state index in [-0.39, 0.29) is 0 Å². The Kier molecular flexibility index (Phi) is 4.25. The molecule has 0 bridgehead atoms. The van der Waals surface area contributed by atoms with E-state index in [1.165, 1.54) is 22.3 Å².